The third-order valence-corrected chi connectivity index (χ3v) is 4.07. The van der Waals surface area contributed by atoms with E-state index in [1.807, 2.05) is 49.7 Å². The fourth-order valence-electron chi connectivity index (χ4n) is 2.60. The Morgan fingerprint density at radius 2 is 2.04 bits per heavy atom. The Bertz CT molecular complexity index is 767. The van der Waals surface area contributed by atoms with E-state index in [1.165, 1.54) is 0 Å². The van der Waals surface area contributed by atoms with Crippen molar-refractivity contribution in [3.8, 4) is 0 Å². The molecule has 0 radical (unpaired) electrons. The number of amides is 1. The lowest BCUT2D eigenvalue weighted by molar-refractivity contribution is -0.145. The van der Waals surface area contributed by atoms with E-state index in [9.17, 15) is 9.59 Å². The van der Waals surface area contributed by atoms with Gasteiger partial charge in [0.05, 0.1) is 18.8 Å². The summed E-state index contributed by atoms with van der Waals surface area (Å²) < 4.78 is 7.04. The van der Waals surface area contributed by atoms with E-state index in [4.69, 9.17) is 4.74 Å². The normalized spacial score (nSPS) is 11.8. The number of unbranched alkanes of at least 4 members (excludes halogenated alkanes) is 1. The number of hydrogen-bond acceptors (Lipinski definition) is 4. The summed E-state index contributed by atoms with van der Waals surface area (Å²) in [5, 5.41) is 7.14. The highest BCUT2D eigenvalue weighted by Gasteiger charge is 2.18. The molecule has 1 aromatic heterocycles. The summed E-state index contributed by atoms with van der Waals surface area (Å²) in [6.45, 7) is 8.59. The summed E-state index contributed by atoms with van der Waals surface area (Å²) in [7, 11) is 0. The molecule has 140 valence electrons. The van der Waals surface area contributed by atoms with Crippen molar-refractivity contribution in [3.63, 3.8) is 0 Å². The first-order chi connectivity index (χ1) is 12.4. The SMILES string of the molecule is CCCCOC(=O)C(C)NC(=O)c1cccc(Cn2nc(C)cc2C)c1. The standard InChI is InChI=1S/C20H27N3O3/c1-5-6-10-26-20(25)16(4)21-19(24)18-9-7-8-17(12-18)13-23-15(3)11-14(2)22-23/h7-9,11-12,16H,5-6,10,13H2,1-4H3,(H,21,24). The van der Waals surface area contributed by atoms with Crippen molar-refractivity contribution in [3.05, 3.63) is 52.8 Å². The first-order valence-electron chi connectivity index (χ1n) is 8.98. The second-order valence-corrected chi connectivity index (χ2v) is 6.50. The average Bonchev–Trinajstić information content (AvgIpc) is 2.92. The minimum absolute atomic E-state index is 0.292. The van der Waals surface area contributed by atoms with E-state index in [0.717, 1.165) is 29.8 Å². The van der Waals surface area contributed by atoms with E-state index < -0.39 is 12.0 Å². The lowest BCUT2D eigenvalue weighted by atomic mass is 10.1. The molecule has 0 saturated carbocycles. The molecular weight excluding hydrogens is 330 g/mol. The smallest absolute Gasteiger partial charge is 0.328 e. The Hall–Kier alpha value is -2.63. The van der Waals surface area contributed by atoms with Gasteiger partial charge in [-0.15, -0.1) is 0 Å². The Morgan fingerprint density at radius 1 is 1.27 bits per heavy atom. The van der Waals surface area contributed by atoms with E-state index >= 15 is 0 Å². The minimum atomic E-state index is -0.681. The summed E-state index contributed by atoms with van der Waals surface area (Å²) in [5.41, 5.74) is 3.52. The van der Waals surface area contributed by atoms with Crippen LogP contribution >= 0.6 is 0 Å². The van der Waals surface area contributed by atoms with Crippen molar-refractivity contribution in [2.24, 2.45) is 0 Å². The highest BCUT2D eigenvalue weighted by atomic mass is 16.5. The number of ether oxygens (including phenoxy) is 1. The summed E-state index contributed by atoms with van der Waals surface area (Å²) in [5.74, 6) is -0.703. The largest absolute Gasteiger partial charge is 0.464 e. The van der Waals surface area contributed by atoms with Crippen LogP contribution in [0.15, 0.2) is 30.3 Å². The molecule has 6 nitrogen and oxygen atoms in total. The molecule has 0 aliphatic carbocycles. The van der Waals surface area contributed by atoms with Gasteiger partial charge < -0.3 is 10.1 Å². The number of hydrogen-bond donors (Lipinski definition) is 1. The fourth-order valence-corrected chi connectivity index (χ4v) is 2.60. The molecule has 6 heteroatoms. The van der Waals surface area contributed by atoms with Crippen LogP contribution in [0.4, 0.5) is 0 Å². The zero-order valence-electron chi connectivity index (χ0n) is 15.9. The van der Waals surface area contributed by atoms with Crippen molar-refractivity contribution >= 4 is 11.9 Å². The molecule has 2 rings (SSSR count). The Balaban J connectivity index is 1.99. The van der Waals surface area contributed by atoms with Crippen molar-refractivity contribution in [1.82, 2.24) is 15.1 Å². The summed E-state index contributed by atoms with van der Waals surface area (Å²) >= 11 is 0. The lowest BCUT2D eigenvalue weighted by Crippen LogP contribution is -2.39. The van der Waals surface area contributed by atoms with Crippen LogP contribution in [0.1, 0.15) is 54.0 Å². The molecule has 1 N–H and O–H groups in total. The topological polar surface area (TPSA) is 73.2 Å². The number of esters is 1. The maximum Gasteiger partial charge on any atom is 0.328 e. The molecule has 1 amide bonds. The first-order valence-corrected chi connectivity index (χ1v) is 8.98. The molecule has 0 aliphatic rings. The second-order valence-electron chi connectivity index (χ2n) is 6.50. The maximum atomic E-state index is 12.4. The van der Waals surface area contributed by atoms with Crippen molar-refractivity contribution in [2.45, 2.75) is 53.1 Å². The van der Waals surface area contributed by atoms with Crippen molar-refractivity contribution in [1.29, 1.82) is 0 Å². The number of aryl methyl sites for hydroxylation is 2. The van der Waals surface area contributed by atoms with Crippen LogP contribution in [-0.4, -0.2) is 34.3 Å². The van der Waals surface area contributed by atoms with Crippen molar-refractivity contribution in [2.75, 3.05) is 6.61 Å². The van der Waals surface area contributed by atoms with Gasteiger partial charge in [-0.2, -0.15) is 5.10 Å². The molecule has 0 fully saturated rings. The molecule has 0 saturated heterocycles. The van der Waals surface area contributed by atoms with Crippen molar-refractivity contribution < 1.29 is 14.3 Å². The van der Waals surface area contributed by atoms with Gasteiger partial charge in [-0.25, -0.2) is 4.79 Å². The lowest BCUT2D eigenvalue weighted by Gasteiger charge is -2.14. The molecule has 1 atom stereocenters. The molecule has 0 spiro atoms. The Kier molecular flexibility index (Phi) is 6.95. The zero-order valence-corrected chi connectivity index (χ0v) is 15.9. The van der Waals surface area contributed by atoms with Gasteiger partial charge >= 0.3 is 5.97 Å². The highest BCUT2D eigenvalue weighted by Crippen LogP contribution is 2.10. The molecule has 1 aromatic carbocycles. The van der Waals surface area contributed by atoms with Crippen LogP contribution in [0.25, 0.3) is 0 Å². The van der Waals surface area contributed by atoms with Crippen LogP contribution < -0.4 is 5.32 Å². The van der Waals surface area contributed by atoms with Crippen LogP contribution in [0.3, 0.4) is 0 Å². The second kappa shape index (κ2) is 9.17. The summed E-state index contributed by atoms with van der Waals surface area (Å²) in [4.78, 5) is 24.3. The van der Waals surface area contributed by atoms with E-state index in [1.54, 1.807) is 13.0 Å². The minimum Gasteiger partial charge on any atom is -0.464 e. The predicted octanol–water partition coefficient (Wildman–Crippen LogP) is 3.01. The number of carbonyl (C=O) groups excluding carboxylic acids is 2. The van der Waals surface area contributed by atoms with Gasteiger partial charge in [0.25, 0.3) is 5.91 Å². The Labute approximate surface area is 154 Å². The quantitative estimate of drug-likeness (QED) is 0.582. The molecule has 0 bridgehead atoms. The van der Waals surface area contributed by atoms with Crippen LogP contribution in [0, 0.1) is 13.8 Å². The van der Waals surface area contributed by atoms with E-state index in [-0.39, 0.29) is 5.91 Å². The summed E-state index contributed by atoms with van der Waals surface area (Å²) in [6.07, 6.45) is 1.77. The monoisotopic (exact) mass is 357 g/mol. The first kappa shape index (κ1) is 19.7. The number of rotatable bonds is 8. The molecule has 0 aliphatic heterocycles. The number of nitrogens with zero attached hydrogens (tertiary/aromatic N) is 2. The molecule has 1 unspecified atom stereocenters. The Morgan fingerprint density at radius 3 is 2.69 bits per heavy atom. The van der Waals surface area contributed by atoms with Gasteiger partial charge in [-0.1, -0.05) is 25.5 Å². The number of benzene rings is 1. The third-order valence-electron chi connectivity index (χ3n) is 4.07. The van der Waals surface area contributed by atoms with Gasteiger partial charge in [-0.05, 0) is 51.0 Å². The van der Waals surface area contributed by atoms with E-state index in [2.05, 4.69) is 10.4 Å². The summed E-state index contributed by atoms with van der Waals surface area (Å²) in [6, 6.07) is 8.67. The number of carbonyl (C=O) groups is 2. The highest BCUT2D eigenvalue weighted by molar-refractivity contribution is 5.96. The number of aromatic nitrogens is 2. The molecular formula is C20H27N3O3. The van der Waals surface area contributed by atoms with Crippen LogP contribution in [0.2, 0.25) is 0 Å². The van der Waals surface area contributed by atoms with E-state index in [0.29, 0.717) is 18.7 Å². The maximum absolute atomic E-state index is 12.4. The molecule has 2 aromatic rings. The van der Waals surface area contributed by atoms with Gasteiger partial charge in [0, 0.05) is 11.3 Å². The molecule has 26 heavy (non-hydrogen) atoms. The average molecular weight is 357 g/mol. The zero-order chi connectivity index (χ0) is 19.1. The van der Waals surface area contributed by atoms with Gasteiger partial charge in [0.15, 0.2) is 0 Å². The van der Waals surface area contributed by atoms with Crippen LogP contribution in [0.5, 0.6) is 0 Å². The van der Waals surface area contributed by atoms with Crippen LogP contribution in [-0.2, 0) is 16.1 Å². The number of nitrogens with one attached hydrogen (secondary N) is 1. The molecule has 1 heterocycles. The third kappa shape index (κ3) is 5.44. The fraction of sp³-hybridized carbons (Fsp3) is 0.450. The van der Waals surface area contributed by atoms with Gasteiger partial charge in [-0.3, -0.25) is 9.48 Å². The van der Waals surface area contributed by atoms with Gasteiger partial charge in [0.1, 0.15) is 6.04 Å². The predicted molar refractivity (Wildman–Crippen MR) is 100 cm³/mol. The van der Waals surface area contributed by atoms with Gasteiger partial charge in [0.2, 0.25) is 0 Å².